The average molecular weight is 278 g/mol. The minimum Gasteiger partial charge on any atom is -0.312 e. The van der Waals surface area contributed by atoms with Gasteiger partial charge in [-0.15, -0.1) is 0 Å². The number of benzene rings is 2. The maximum Gasteiger partial charge on any atom is 0.323 e. The summed E-state index contributed by atoms with van der Waals surface area (Å²) in [6.45, 7) is 0. The summed E-state index contributed by atoms with van der Waals surface area (Å²) in [6.07, 6.45) is 1.42. The Bertz CT molecular complexity index is 749. The van der Waals surface area contributed by atoms with E-state index in [-0.39, 0.29) is 17.2 Å². The van der Waals surface area contributed by atoms with Crippen LogP contribution in [0, 0.1) is 0 Å². The quantitative estimate of drug-likeness (QED) is 0.721. The molecule has 3 rings (SSSR count). The Balaban J connectivity index is 2.09. The zero-order valence-corrected chi connectivity index (χ0v) is 11.2. The van der Waals surface area contributed by atoms with Crippen LogP contribution >= 0.6 is 0 Å². The van der Waals surface area contributed by atoms with Gasteiger partial charge < -0.3 is 9.97 Å². The first-order valence-corrected chi connectivity index (χ1v) is 6.67. The molecule has 0 aliphatic rings. The van der Waals surface area contributed by atoms with Crippen molar-refractivity contribution in [3.05, 3.63) is 94.2 Å². The van der Waals surface area contributed by atoms with Gasteiger partial charge in [0.05, 0.1) is 5.92 Å². The van der Waals surface area contributed by atoms with Gasteiger partial charge in [0.25, 0.3) is 0 Å². The first kappa shape index (κ1) is 13.1. The molecule has 2 N–H and O–H groups in total. The van der Waals surface area contributed by atoms with Crippen molar-refractivity contribution in [3.63, 3.8) is 0 Å². The Morgan fingerprint density at radius 1 is 0.857 bits per heavy atom. The molecule has 0 aliphatic carbocycles. The fourth-order valence-electron chi connectivity index (χ4n) is 2.41. The summed E-state index contributed by atoms with van der Waals surface area (Å²) in [7, 11) is 0. The van der Waals surface area contributed by atoms with Gasteiger partial charge in [-0.05, 0) is 11.1 Å². The van der Waals surface area contributed by atoms with Crippen LogP contribution in [0.4, 0.5) is 0 Å². The Labute approximate surface area is 121 Å². The molecule has 0 amide bonds. The van der Waals surface area contributed by atoms with Gasteiger partial charge in [0, 0.05) is 6.20 Å². The largest absolute Gasteiger partial charge is 0.323 e. The van der Waals surface area contributed by atoms with Crippen LogP contribution in [0.2, 0.25) is 0 Å². The molecular weight excluding hydrogens is 264 g/mol. The average Bonchev–Trinajstić information content (AvgIpc) is 2.96. The molecule has 104 valence electrons. The number of nitrogens with one attached hydrogen (secondary N) is 2. The van der Waals surface area contributed by atoms with Crippen LogP contribution in [0.3, 0.4) is 0 Å². The summed E-state index contributed by atoms with van der Waals surface area (Å²) in [6, 6.07) is 19.1. The van der Waals surface area contributed by atoms with Gasteiger partial charge in [0.15, 0.2) is 5.78 Å². The van der Waals surface area contributed by atoms with Crippen LogP contribution < -0.4 is 5.69 Å². The van der Waals surface area contributed by atoms with E-state index in [1.165, 1.54) is 6.20 Å². The molecular formula is C17H14N2O2. The van der Waals surface area contributed by atoms with E-state index in [0.717, 1.165) is 11.1 Å². The molecule has 0 fully saturated rings. The molecule has 0 unspecified atom stereocenters. The number of imidazole rings is 1. The number of rotatable bonds is 4. The summed E-state index contributed by atoms with van der Waals surface area (Å²) < 4.78 is 0. The molecule has 4 nitrogen and oxygen atoms in total. The Hall–Kier alpha value is -2.88. The van der Waals surface area contributed by atoms with Crippen molar-refractivity contribution in [1.82, 2.24) is 9.97 Å². The molecule has 0 spiro atoms. The molecule has 0 atom stereocenters. The number of aromatic nitrogens is 2. The fraction of sp³-hybridized carbons (Fsp3) is 0.0588. The molecule has 1 aromatic heterocycles. The lowest BCUT2D eigenvalue weighted by atomic mass is 9.86. The van der Waals surface area contributed by atoms with Crippen molar-refractivity contribution in [1.29, 1.82) is 0 Å². The third kappa shape index (κ3) is 2.69. The second-order valence-corrected chi connectivity index (χ2v) is 4.78. The molecule has 3 aromatic rings. The number of ketones is 1. The lowest BCUT2D eigenvalue weighted by molar-refractivity contribution is 0.0969. The van der Waals surface area contributed by atoms with Crippen LogP contribution in [0.25, 0.3) is 0 Å². The zero-order chi connectivity index (χ0) is 14.7. The summed E-state index contributed by atoms with van der Waals surface area (Å²) in [4.78, 5) is 29.0. The van der Waals surface area contributed by atoms with Gasteiger partial charge in [-0.2, -0.15) is 0 Å². The van der Waals surface area contributed by atoms with Crippen LogP contribution in [-0.2, 0) is 0 Å². The van der Waals surface area contributed by atoms with Crippen molar-refractivity contribution >= 4 is 5.78 Å². The third-order valence-electron chi connectivity index (χ3n) is 3.39. The molecule has 21 heavy (non-hydrogen) atoms. The number of Topliss-reactive ketones (excluding diaryl/α,β-unsaturated/α-hetero) is 1. The SMILES string of the molecule is O=C(c1c[nH]c(=O)[nH]1)C(c1ccccc1)c1ccccc1. The van der Waals surface area contributed by atoms with E-state index >= 15 is 0 Å². The van der Waals surface area contributed by atoms with E-state index in [1.807, 2.05) is 60.7 Å². The molecule has 0 radical (unpaired) electrons. The molecule has 0 aliphatic heterocycles. The van der Waals surface area contributed by atoms with E-state index in [0.29, 0.717) is 0 Å². The number of hydrogen-bond donors (Lipinski definition) is 2. The normalized spacial score (nSPS) is 10.7. The first-order chi connectivity index (χ1) is 10.3. The second kappa shape index (κ2) is 5.63. The van der Waals surface area contributed by atoms with E-state index in [4.69, 9.17) is 0 Å². The molecule has 2 aromatic carbocycles. The number of aromatic amines is 2. The van der Waals surface area contributed by atoms with Gasteiger partial charge in [-0.25, -0.2) is 4.79 Å². The van der Waals surface area contributed by atoms with Gasteiger partial charge >= 0.3 is 5.69 Å². The second-order valence-electron chi connectivity index (χ2n) is 4.78. The highest BCUT2D eigenvalue weighted by Crippen LogP contribution is 2.27. The number of H-pyrrole nitrogens is 2. The van der Waals surface area contributed by atoms with Crippen LogP contribution in [0.1, 0.15) is 27.5 Å². The van der Waals surface area contributed by atoms with Crippen LogP contribution in [-0.4, -0.2) is 15.8 Å². The maximum absolute atomic E-state index is 12.8. The predicted molar refractivity (Wildman–Crippen MR) is 80.5 cm³/mol. The number of hydrogen-bond acceptors (Lipinski definition) is 2. The molecule has 4 heteroatoms. The summed E-state index contributed by atoms with van der Waals surface area (Å²) >= 11 is 0. The van der Waals surface area contributed by atoms with Crippen molar-refractivity contribution in [2.24, 2.45) is 0 Å². The van der Waals surface area contributed by atoms with Gasteiger partial charge in [-0.3, -0.25) is 4.79 Å². The van der Waals surface area contributed by atoms with Gasteiger partial charge in [-0.1, -0.05) is 60.7 Å². The Morgan fingerprint density at radius 2 is 1.38 bits per heavy atom. The van der Waals surface area contributed by atoms with E-state index in [1.54, 1.807) is 0 Å². The van der Waals surface area contributed by atoms with Crippen molar-refractivity contribution < 1.29 is 4.79 Å². The monoisotopic (exact) mass is 278 g/mol. The van der Waals surface area contributed by atoms with Gasteiger partial charge in [0.2, 0.25) is 0 Å². The Morgan fingerprint density at radius 3 is 1.81 bits per heavy atom. The lowest BCUT2D eigenvalue weighted by Gasteiger charge is -2.16. The van der Waals surface area contributed by atoms with Crippen molar-refractivity contribution in [3.8, 4) is 0 Å². The predicted octanol–water partition coefficient (Wildman–Crippen LogP) is 2.72. The number of carbonyl (C=O) groups excluding carboxylic acids is 1. The summed E-state index contributed by atoms with van der Waals surface area (Å²) in [5, 5.41) is 0. The van der Waals surface area contributed by atoms with E-state index < -0.39 is 5.92 Å². The van der Waals surface area contributed by atoms with Crippen LogP contribution in [0.15, 0.2) is 71.7 Å². The van der Waals surface area contributed by atoms with Crippen LogP contribution in [0.5, 0.6) is 0 Å². The minimum atomic E-state index is -0.432. The van der Waals surface area contributed by atoms with Gasteiger partial charge in [0.1, 0.15) is 5.69 Å². The first-order valence-electron chi connectivity index (χ1n) is 6.67. The molecule has 0 saturated heterocycles. The topological polar surface area (TPSA) is 65.7 Å². The Kier molecular flexibility index (Phi) is 3.51. The van der Waals surface area contributed by atoms with Crippen molar-refractivity contribution in [2.75, 3.05) is 0 Å². The highest BCUT2D eigenvalue weighted by molar-refractivity contribution is 6.01. The van der Waals surface area contributed by atoms with E-state index in [2.05, 4.69) is 9.97 Å². The smallest absolute Gasteiger partial charge is 0.312 e. The highest BCUT2D eigenvalue weighted by Gasteiger charge is 2.24. The van der Waals surface area contributed by atoms with Crippen molar-refractivity contribution in [2.45, 2.75) is 5.92 Å². The minimum absolute atomic E-state index is 0.134. The standard InChI is InChI=1S/C17H14N2O2/c20-16(14-11-18-17(21)19-14)15(12-7-3-1-4-8-12)13-9-5-2-6-10-13/h1-11,15H,(H2,18,19,21). The molecule has 0 bridgehead atoms. The zero-order valence-electron chi connectivity index (χ0n) is 11.2. The number of carbonyl (C=O) groups is 1. The molecule has 0 saturated carbocycles. The summed E-state index contributed by atoms with van der Waals surface area (Å²) in [5.41, 5.74) is 1.71. The maximum atomic E-state index is 12.8. The van der Waals surface area contributed by atoms with E-state index in [9.17, 15) is 9.59 Å². The third-order valence-corrected chi connectivity index (χ3v) is 3.39. The fourth-order valence-corrected chi connectivity index (χ4v) is 2.41. The highest BCUT2D eigenvalue weighted by atomic mass is 16.1. The lowest BCUT2D eigenvalue weighted by Crippen LogP contribution is -2.16. The molecule has 1 heterocycles. The summed E-state index contributed by atoms with van der Waals surface area (Å²) in [5.74, 6) is -0.565.